The topological polar surface area (TPSA) is 43.8 Å². The maximum atomic E-state index is 13.6. The van der Waals surface area contributed by atoms with Crippen LogP contribution in [-0.4, -0.2) is 43.2 Å². The van der Waals surface area contributed by atoms with Crippen molar-refractivity contribution in [3.8, 4) is 0 Å². The molecule has 1 aromatic carbocycles. The summed E-state index contributed by atoms with van der Waals surface area (Å²) in [6.45, 7) is 5.75. The molecule has 1 unspecified atom stereocenters. The summed E-state index contributed by atoms with van der Waals surface area (Å²) in [5.41, 5.74) is 1.90. The molecule has 0 amide bonds. The van der Waals surface area contributed by atoms with Crippen LogP contribution in [0.1, 0.15) is 38.7 Å². The Morgan fingerprint density at radius 2 is 2.00 bits per heavy atom. The van der Waals surface area contributed by atoms with E-state index in [1.165, 1.54) is 18.9 Å². The highest BCUT2D eigenvalue weighted by molar-refractivity contribution is 5.69. The van der Waals surface area contributed by atoms with Crippen LogP contribution in [0.4, 0.5) is 10.1 Å². The van der Waals surface area contributed by atoms with Crippen LogP contribution < -0.4 is 4.90 Å². The molecule has 0 spiro atoms. The van der Waals surface area contributed by atoms with Gasteiger partial charge in [-0.25, -0.2) is 4.39 Å². The molecule has 1 aromatic rings. The fourth-order valence-corrected chi connectivity index (χ4v) is 2.67. The number of carboxylic acids is 1. The molecule has 0 radical (unpaired) electrons. The maximum absolute atomic E-state index is 13.6. The summed E-state index contributed by atoms with van der Waals surface area (Å²) in [5.74, 6) is -1.52. The van der Waals surface area contributed by atoms with Crippen molar-refractivity contribution in [1.29, 1.82) is 0 Å². The minimum atomic E-state index is -0.812. The van der Waals surface area contributed by atoms with Crippen LogP contribution >= 0.6 is 0 Å². The Hall–Kier alpha value is -1.62. The smallest absolute Gasteiger partial charge is 0.307 e. The molecule has 1 rings (SSSR count). The third kappa shape index (κ3) is 6.57. The Morgan fingerprint density at radius 1 is 1.30 bits per heavy atom. The lowest BCUT2D eigenvalue weighted by Crippen LogP contribution is -2.29. The van der Waals surface area contributed by atoms with Crippen molar-refractivity contribution in [2.45, 2.75) is 39.7 Å². The molecule has 0 saturated heterocycles. The van der Waals surface area contributed by atoms with Crippen LogP contribution in [0.5, 0.6) is 0 Å². The van der Waals surface area contributed by atoms with E-state index in [1.54, 1.807) is 13.0 Å². The molecule has 0 aliphatic carbocycles. The first-order valence-electron chi connectivity index (χ1n) is 8.26. The Balaban J connectivity index is 2.79. The van der Waals surface area contributed by atoms with Crippen molar-refractivity contribution >= 4 is 11.7 Å². The van der Waals surface area contributed by atoms with Crippen LogP contribution in [0.2, 0.25) is 0 Å². The number of hydrogen-bond acceptors (Lipinski definition) is 3. The molecule has 0 aliphatic heterocycles. The van der Waals surface area contributed by atoms with Gasteiger partial charge in [0.05, 0.1) is 5.92 Å². The molecule has 0 aromatic heterocycles. The molecule has 130 valence electrons. The first-order valence-corrected chi connectivity index (χ1v) is 8.26. The van der Waals surface area contributed by atoms with E-state index in [-0.39, 0.29) is 5.82 Å². The summed E-state index contributed by atoms with van der Waals surface area (Å²) >= 11 is 0. The fourth-order valence-electron chi connectivity index (χ4n) is 2.67. The Labute approximate surface area is 138 Å². The molecule has 4 nitrogen and oxygen atoms in total. The highest BCUT2D eigenvalue weighted by Crippen LogP contribution is 2.23. The largest absolute Gasteiger partial charge is 0.481 e. The van der Waals surface area contributed by atoms with E-state index in [9.17, 15) is 9.18 Å². The molecule has 0 heterocycles. The van der Waals surface area contributed by atoms with Crippen molar-refractivity contribution in [2.24, 2.45) is 5.92 Å². The van der Waals surface area contributed by atoms with Gasteiger partial charge in [0.25, 0.3) is 0 Å². The quantitative estimate of drug-likeness (QED) is 0.668. The van der Waals surface area contributed by atoms with Crippen LogP contribution in [0, 0.1) is 11.7 Å². The molecule has 0 fully saturated rings. The van der Waals surface area contributed by atoms with E-state index in [1.807, 2.05) is 25.1 Å². The SMILES string of the molecule is CCCCCN(C)c1ccc(F)cc1CN(C)CC(C)C(=O)O. The first-order chi connectivity index (χ1) is 10.8. The maximum Gasteiger partial charge on any atom is 0.307 e. The van der Waals surface area contributed by atoms with Gasteiger partial charge in [0, 0.05) is 32.4 Å². The second kappa shape index (κ2) is 9.50. The monoisotopic (exact) mass is 324 g/mol. The third-order valence-corrected chi connectivity index (χ3v) is 4.00. The van der Waals surface area contributed by atoms with E-state index in [2.05, 4.69) is 11.8 Å². The average molecular weight is 324 g/mol. The van der Waals surface area contributed by atoms with Crippen molar-refractivity contribution < 1.29 is 14.3 Å². The minimum absolute atomic E-state index is 0.259. The van der Waals surface area contributed by atoms with Gasteiger partial charge >= 0.3 is 5.97 Å². The van der Waals surface area contributed by atoms with Crippen molar-refractivity contribution in [3.05, 3.63) is 29.6 Å². The standard InChI is InChI=1S/C18H29FN2O2/c1-5-6-7-10-21(4)17-9-8-16(19)11-15(17)13-20(3)12-14(2)18(22)23/h8-9,11,14H,5-7,10,12-13H2,1-4H3,(H,22,23). The number of halogens is 1. The van der Waals surface area contributed by atoms with E-state index in [0.29, 0.717) is 13.1 Å². The molecule has 0 bridgehead atoms. The zero-order chi connectivity index (χ0) is 17.4. The molecular weight excluding hydrogens is 295 g/mol. The van der Waals surface area contributed by atoms with E-state index < -0.39 is 11.9 Å². The van der Waals surface area contributed by atoms with Crippen LogP contribution in [-0.2, 0) is 11.3 Å². The number of benzene rings is 1. The average Bonchev–Trinajstić information content (AvgIpc) is 2.47. The van der Waals surface area contributed by atoms with E-state index >= 15 is 0 Å². The summed E-state index contributed by atoms with van der Waals surface area (Å²) in [6, 6.07) is 4.84. The predicted octanol–water partition coefficient (Wildman–Crippen LogP) is 3.60. The van der Waals surface area contributed by atoms with Gasteiger partial charge in [-0.15, -0.1) is 0 Å². The molecule has 5 heteroatoms. The van der Waals surface area contributed by atoms with Gasteiger partial charge < -0.3 is 14.9 Å². The molecule has 1 atom stereocenters. The summed E-state index contributed by atoms with van der Waals surface area (Å²) < 4.78 is 13.6. The number of nitrogens with zero attached hydrogens (tertiary/aromatic N) is 2. The fraction of sp³-hybridized carbons (Fsp3) is 0.611. The highest BCUT2D eigenvalue weighted by Gasteiger charge is 2.16. The van der Waals surface area contributed by atoms with Crippen LogP contribution in [0.25, 0.3) is 0 Å². The molecule has 1 N–H and O–H groups in total. The zero-order valence-corrected chi connectivity index (χ0v) is 14.7. The van der Waals surface area contributed by atoms with Crippen LogP contribution in [0.15, 0.2) is 18.2 Å². The second-order valence-electron chi connectivity index (χ2n) is 6.34. The molecule has 23 heavy (non-hydrogen) atoms. The molecular formula is C18H29FN2O2. The lowest BCUT2D eigenvalue weighted by Gasteiger charge is -2.26. The molecule has 0 aliphatic rings. The van der Waals surface area contributed by atoms with Crippen LogP contribution in [0.3, 0.4) is 0 Å². The van der Waals surface area contributed by atoms with Gasteiger partial charge in [0.1, 0.15) is 5.82 Å². The zero-order valence-electron chi connectivity index (χ0n) is 14.7. The normalized spacial score (nSPS) is 12.4. The summed E-state index contributed by atoms with van der Waals surface area (Å²) in [4.78, 5) is 15.0. The molecule has 0 saturated carbocycles. The van der Waals surface area contributed by atoms with Gasteiger partial charge in [-0.05, 0) is 37.2 Å². The lowest BCUT2D eigenvalue weighted by atomic mass is 10.1. The van der Waals surface area contributed by atoms with E-state index in [0.717, 1.165) is 24.2 Å². The van der Waals surface area contributed by atoms with Gasteiger partial charge in [-0.2, -0.15) is 0 Å². The number of rotatable bonds is 10. The highest BCUT2D eigenvalue weighted by atomic mass is 19.1. The number of carbonyl (C=O) groups is 1. The van der Waals surface area contributed by atoms with Gasteiger partial charge in [-0.3, -0.25) is 4.79 Å². The second-order valence-corrected chi connectivity index (χ2v) is 6.34. The Morgan fingerprint density at radius 3 is 2.61 bits per heavy atom. The van der Waals surface area contributed by atoms with Crippen molar-refractivity contribution in [2.75, 3.05) is 32.1 Å². The van der Waals surface area contributed by atoms with Crippen molar-refractivity contribution in [3.63, 3.8) is 0 Å². The van der Waals surface area contributed by atoms with Gasteiger partial charge in [-0.1, -0.05) is 26.7 Å². The van der Waals surface area contributed by atoms with Gasteiger partial charge in [0.2, 0.25) is 0 Å². The number of unbranched alkanes of at least 4 members (excludes halogenated alkanes) is 2. The third-order valence-electron chi connectivity index (χ3n) is 4.00. The lowest BCUT2D eigenvalue weighted by molar-refractivity contribution is -0.141. The predicted molar refractivity (Wildman–Crippen MR) is 92.3 cm³/mol. The minimum Gasteiger partial charge on any atom is -0.481 e. The number of anilines is 1. The van der Waals surface area contributed by atoms with Gasteiger partial charge in [0.15, 0.2) is 0 Å². The Kier molecular flexibility index (Phi) is 8.03. The first kappa shape index (κ1) is 19.4. The number of aliphatic carboxylic acids is 1. The van der Waals surface area contributed by atoms with E-state index in [4.69, 9.17) is 5.11 Å². The number of hydrogen-bond donors (Lipinski definition) is 1. The summed E-state index contributed by atoms with van der Waals surface area (Å²) in [7, 11) is 3.89. The Bertz CT molecular complexity index is 508. The summed E-state index contributed by atoms with van der Waals surface area (Å²) in [6.07, 6.45) is 3.45. The summed E-state index contributed by atoms with van der Waals surface area (Å²) in [5, 5.41) is 9.01. The number of carboxylic acid groups (broad SMARTS) is 1. The van der Waals surface area contributed by atoms with Crippen molar-refractivity contribution in [1.82, 2.24) is 4.90 Å².